The predicted molar refractivity (Wildman–Crippen MR) is 78.4 cm³/mol. The van der Waals surface area contributed by atoms with Crippen LogP contribution in [-0.2, 0) is 14.8 Å². The SMILES string of the molecule is COc1ccc(C(=O)O)cc1N1CC(CS(N)(=O)=O)CC1=O. The fraction of sp³-hybridized carbons (Fsp3) is 0.385. The van der Waals surface area contributed by atoms with Crippen LogP contribution in [0.1, 0.15) is 16.8 Å². The van der Waals surface area contributed by atoms with Gasteiger partial charge in [-0.25, -0.2) is 18.4 Å². The lowest BCUT2D eigenvalue weighted by atomic mass is 10.1. The lowest BCUT2D eigenvalue weighted by molar-refractivity contribution is -0.117. The van der Waals surface area contributed by atoms with Crippen LogP contribution in [0.2, 0.25) is 0 Å². The van der Waals surface area contributed by atoms with Gasteiger partial charge in [0.25, 0.3) is 0 Å². The number of carbonyl (C=O) groups is 2. The minimum absolute atomic E-state index is 0.0125. The van der Waals surface area contributed by atoms with Crippen molar-refractivity contribution in [1.82, 2.24) is 0 Å². The smallest absolute Gasteiger partial charge is 0.335 e. The fourth-order valence-corrected chi connectivity index (χ4v) is 3.37. The topological polar surface area (TPSA) is 127 Å². The van der Waals surface area contributed by atoms with Crippen molar-refractivity contribution in [2.45, 2.75) is 6.42 Å². The normalized spacial score (nSPS) is 18.5. The molecule has 1 heterocycles. The first-order valence-electron chi connectivity index (χ1n) is 6.43. The number of benzene rings is 1. The molecular weight excluding hydrogens is 312 g/mol. The molecule has 1 aromatic rings. The minimum atomic E-state index is -3.68. The Morgan fingerprint density at radius 1 is 1.50 bits per heavy atom. The second-order valence-corrected chi connectivity index (χ2v) is 6.75. The molecule has 120 valence electrons. The standard InChI is InChI=1S/C13H16N2O6S/c1-21-11-3-2-9(13(17)18)5-10(11)15-6-8(4-12(15)16)7-22(14,19)20/h2-3,5,8H,4,6-7H2,1H3,(H,17,18)(H2,14,19,20). The molecule has 1 amide bonds. The van der Waals surface area contributed by atoms with Gasteiger partial charge in [0.15, 0.2) is 0 Å². The minimum Gasteiger partial charge on any atom is -0.495 e. The van der Waals surface area contributed by atoms with Crippen LogP contribution in [0.4, 0.5) is 5.69 Å². The highest BCUT2D eigenvalue weighted by Crippen LogP contribution is 2.34. The third kappa shape index (κ3) is 3.55. The van der Waals surface area contributed by atoms with Crippen molar-refractivity contribution < 1.29 is 27.9 Å². The molecule has 0 aliphatic carbocycles. The molecule has 1 aliphatic rings. The van der Waals surface area contributed by atoms with Crippen LogP contribution in [0.5, 0.6) is 5.75 Å². The van der Waals surface area contributed by atoms with Crippen molar-refractivity contribution in [3.8, 4) is 5.75 Å². The summed E-state index contributed by atoms with van der Waals surface area (Å²) in [5, 5.41) is 14.1. The monoisotopic (exact) mass is 328 g/mol. The first kappa shape index (κ1) is 16.2. The third-order valence-electron chi connectivity index (χ3n) is 3.39. The Labute approximate surface area is 127 Å². The Hall–Kier alpha value is -2.13. The first-order chi connectivity index (χ1) is 10.2. The van der Waals surface area contributed by atoms with Crippen molar-refractivity contribution in [3.63, 3.8) is 0 Å². The number of primary sulfonamides is 1. The Kier molecular flexibility index (Phi) is 4.38. The molecule has 9 heteroatoms. The Bertz CT molecular complexity index is 715. The van der Waals surface area contributed by atoms with E-state index in [1.807, 2.05) is 0 Å². The van der Waals surface area contributed by atoms with Crippen molar-refractivity contribution >= 4 is 27.6 Å². The summed E-state index contributed by atoms with van der Waals surface area (Å²) in [5.41, 5.74) is 0.322. The van der Waals surface area contributed by atoms with Crippen LogP contribution < -0.4 is 14.8 Å². The molecule has 1 atom stereocenters. The van der Waals surface area contributed by atoms with Crippen LogP contribution in [0, 0.1) is 5.92 Å². The molecule has 0 aromatic heterocycles. The highest BCUT2D eigenvalue weighted by Gasteiger charge is 2.34. The molecule has 1 aliphatic heterocycles. The molecule has 8 nitrogen and oxygen atoms in total. The van der Waals surface area contributed by atoms with Gasteiger partial charge in [-0.05, 0) is 18.2 Å². The lowest BCUT2D eigenvalue weighted by Gasteiger charge is -2.20. The number of nitrogens with two attached hydrogens (primary N) is 1. The van der Waals surface area contributed by atoms with Gasteiger partial charge in [0.05, 0.1) is 24.1 Å². The van der Waals surface area contributed by atoms with Crippen LogP contribution in [-0.4, -0.2) is 44.8 Å². The van der Waals surface area contributed by atoms with Crippen LogP contribution in [0.3, 0.4) is 0 Å². The third-order valence-corrected chi connectivity index (χ3v) is 4.33. The number of sulfonamides is 1. The molecule has 1 saturated heterocycles. The van der Waals surface area contributed by atoms with E-state index in [0.717, 1.165) is 0 Å². The second-order valence-electron chi connectivity index (χ2n) is 5.10. The van der Waals surface area contributed by atoms with Gasteiger partial charge in [-0.15, -0.1) is 0 Å². The summed E-state index contributed by atoms with van der Waals surface area (Å²) in [7, 11) is -2.27. The highest BCUT2D eigenvalue weighted by atomic mass is 32.2. The number of carbonyl (C=O) groups excluding carboxylic acids is 1. The average Bonchev–Trinajstić information content (AvgIpc) is 2.76. The summed E-state index contributed by atoms with van der Waals surface area (Å²) in [5.74, 6) is -1.81. The van der Waals surface area contributed by atoms with E-state index >= 15 is 0 Å². The number of rotatable bonds is 5. The van der Waals surface area contributed by atoms with E-state index in [2.05, 4.69) is 0 Å². The number of ether oxygens (including phenoxy) is 1. The molecule has 1 fully saturated rings. The van der Waals surface area contributed by atoms with Gasteiger partial charge >= 0.3 is 5.97 Å². The van der Waals surface area contributed by atoms with Crippen molar-refractivity contribution in [2.75, 3.05) is 24.3 Å². The van der Waals surface area contributed by atoms with Crippen LogP contribution >= 0.6 is 0 Å². The molecule has 0 spiro atoms. The molecule has 0 bridgehead atoms. The van der Waals surface area contributed by atoms with Gasteiger partial charge in [-0.1, -0.05) is 0 Å². The zero-order valence-electron chi connectivity index (χ0n) is 11.9. The van der Waals surface area contributed by atoms with Crippen molar-refractivity contribution in [2.24, 2.45) is 11.1 Å². The van der Waals surface area contributed by atoms with Gasteiger partial charge in [-0.3, -0.25) is 4.79 Å². The Morgan fingerprint density at radius 3 is 2.73 bits per heavy atom. The summed E-state index contributed by atoms with van der Waals surface area (Å²) in [6, 6.07) is 4.16. The number of carboxylic acid groups (broad SMARTS) is 1. The van der Waals surface area contributed by atoms with E-state index < -0.39 is 21.9 Å². The van der Waals surface area contributed by atoms with Crippen LogP contribution in [0.15, 0.2) is 18.2 Å². The maximum absolute atomic E-state index is 12.1. The van der Waals surface area contributed by atoms with Gasteiger partial charge in [-0.2, -0.15) is 0 Å². The first-order valence-corrected chi connectivity index (χ1v) is 8.15. The fourth-order valence-electron chi connectivity index (χ4n) is 2.49. The number of methoxy groups -OCH3 is 1. The van der Waals surface area contributed by atoms with Gasteiger partial charge in [0, 0.05) is 18.9 Å². The number of anilines is 1. The summed E-state index contributed by atoms with van der Waals surface area (Å²) in [4.78, 5) is 24.5. The molecule has 2 rings (SSSR count). The molecule has 1 aromatic carbocycles. The number of aromatic carboxylic acids is 1. The average molecular weight is 328 g/mol. The van der Waals surface area contributed by atoms with E-state index in [4.69, 9.17) is 15.0 Å². The van der Waals surface area contributed by atoms with Crippen LogP contribution in [0.25, 0.3) is 0 Å². The van der Waals surface area contributed by atoms with E-state index in [9.17, 15) is 18.0 Å². The highest BCUT2D eigenvalue weighted by molar-refractivity contribution is 7.89. The number of carboxylic acids is 1. The summed E-state index contributed by atoms with van der Waals surface area (Å²) < 4.78 is 27.4. The summed E-state index contributed by atoms with van der Waals surface area (Å²) in [6.45, 7) is 0.148. The lowest BCUT2D eigenvalue weighted by Crippen LogP contribution is -2.28. The van der Waals surface area contributed by atoms with Gasteiger partial charge in [0.2, 0.25) is 15.9 Å². The second kappa shape index (κ2) is 5.93. The maximum atomic E-state index is 12.1. The molecular formula is C13H16N2O6S. The Morgan fingerprint density at radius 2 is 2.18 bits per heavy atom. The molecule has 22 heavy (non-hydrogen) atoms. The number of amides is 1. The van der Waals surface area contributed by atoms with E-state index in [-0.39, 0.29) is 30.2 Å². The molecule has 0 radical (unpaired) electrons. The maximum Gasteiger partial charge on any atom is 0.335 e. The Balaban J connectivity index is 2.33. The number of hydrogen-bond donors (Lipinski definition) is 2. The molecule has 0 saturated carbocycles. The molecule has 3 N–H and O–H groups in total. The van der Waals surface area contributed by atoms with Crippen molar-refractivity contribution in [1.29, 1.82) is 0 Å². The predicted octanol–water partition coefficient (Wildman–Crippen LogP) is 0.0348. The number of nitrogens with zero attached hydrogens (tertiary/aromatic N) is 1. The van der Waals surface area contributed by atoms with Crippen molar-refractivity contribution in [3.05, 3.63) is 23.8 Å². The zero-order chi connectivity index (χ0) is 16.5. The summed E-state index contributed by atoms with van der Waals surface area (Å²) in [6.07, 6.45) is 0.0386. The number of hydrogen-bond acceptors (Lipinski definition) is 5. The van der Waals surface area contributed by atoms with E-state index in [0.29, 0.717) is 11.4 Å². The van der Waals surface area contributed by atoms with E-state index in [1.54, 1.807) is 0 Å². The van der Waals surface area contributed by atoms with Gasteiger partial charge in [0.1, 0.15) is 5.75 Å². The summed E-state index contributed by atoms with van der Waals surface area (Å²) >= 11 is 0. The van der Waals surface area contributed by atoms with E-state index in [1.165, 1.54) is 30.2 Å². The quantitative estimate of drug-likeness (QED) is 0.785. The van der Waals surface area contributed by atoms with Gasteiger partial charge < -0.3 is 14.7 Å². The largest absolute Gasteiger partial charge is 0.495 e. The zero-order valence-corrected chi connectivity index (χ0v) is 12.7. The molecule has 1 unspecified atom stereocenters.